The molecule has 1 aromatic carbocycles. The number of nitrogens with one attached hydrogen (secondary N) is 2. The number of benzene rings is 1. The van der Waals surface area contributed by atoms with Crippen molar-refractivity contribution in [2.24, 2.45) is 0 Å². The number of hydrogen-bond donors (Lipinski definition) is 2. The molecule has 1 aliphatic carbocycles. The van der Waals surface area contributed by atoms with Crippen LogP contribution in [-0.2, 0) is 16.1 Å². The van der Waals surface area contributed by atoms with E-state index in [1.807, 2.05) is 30.5 Å². The topological polar surface area (TPSA) is 103 Å². The molecule has 0 aliphatic heterocycles. The van der Waals surface area contributed by atoms with Gasteiger partial charge < -0.3 is 24.4 Å². The monoisotopic (exact) mass is 463 g/mol. The number of aromatic nitrogens is 1. The van der Waals surface area contributed by atoms with Gasteiger partial charge in [-0.25, -0.2) is 4.79 Å². The molecule has 0 saturated heterocycles. The number of rotatable bonds is 8. The molecule has 3 aromatic rings. The van der Waals surface area contributed by atoms with Crippen LogP contribution in [0.4, 0.5) is 5.69 Å². The minimum absolute atomic E-state index is 0.170. The first kappa shape index (κ1) is 23.4. The highest BCUT2D eigenvalue weighted by molar-refractivity contribution is 6.04. The van der Waals surface area contributed by atoms with E-state index in [0.717, 1.165) is 42.8 Å². The van der Waals surface area contributed by atoms with E-state index in [4.69, 9.17) is 9.15 Å². The van der Waals surface area contributed by atoms with E-state index in [1.165, 1.54) is 0 Å². The van der Waals surface area contributed by atoms with E-state index in [1.54, 1.807) is 36.6 Å². The molecule has 0 spiro atoms. The summed E-state index contributed by atoms with van der Waals surface area (Å²) < 4.78 is 12.6. The number of furan rings is 1. The van der Waals surface area contributed by atoms with Crippen molar-refractivity contribution < 1.29 is 23.5 Å². The Hall–Kier alpha value is -3.81. The van der Waals surface area contributed by atoms with Crippen molar-refractivity contribution >= 4 is 23.5 Å². The first-order valence-corrected chi connectivity index (χ1v) is 11.5. The van der Waals surface area contributed by atoms with Gasteiger partial charge in [0, 0.05) is 17.4 Å². The Morgan fingerprint density at radius 1 is 1.06 bits per heavy atom. The summed E-state index contributed by atoms with van der Waals surface area (Å²) in [6, 6.07) is 12.4. The van der Waals surface area contributed by atoms with E-state index in [0.29, 0.717) is 23.4 Å². The number of esters is 1. The van der Waals surface area contributed by atoms with Crippen molar-refractivity contribution in [2.45, 2.75) is 52.1 Å². The fourth-order valence-corrected chi connectivity index (χ4v) is 4.33. The van der Waals surface area contributed by atoms with Crippen molar-refractivity contribution in [1.29, 1.82) is 0 Å². The molecule has 2 heterocycles. The Morgan fingerprint density at radius 3 is 2.56 bits per heavy atom. The van der Waals surface area contributed by atoms with Crippen LogP contribution in [-0.4, -0.2) is 35.0 Å². The maximum Gasteiger partial charge on any atom is 0.340 e. The molecule has 178 valence electrons. The van der Waals surface area contributed by atoms with Gasteiger partial charge in [0.25, 0.3) is 11.8 Å². The molecular weight excluding hydrogens is 434 g/mol. The van der Waals surface area contributed by atoms with Crippen LogP contribution in [0, 0.1) is 13.8 Å². The summed E-state index contributed by atoms with van der Waals surface area (Å²) in [5.74, 6) is -0.541. The summed E-state index contributed by atoms with van der Waals surface area (Å²) in [5, 5.41) is 5.71. The van der Waals surface area contributed by atoms with Gasteiger partial charge in [0.2, 0.25) is 0 Å². The van der Waals surface area contributed by atoms with Crippen LogP contribution in [0.5, 0.6) is 0 Å². The molecule has 1 aliphatic rings. The van der Waals surface area contributed by atoms with Gasteiger partial charge in [-0.15, -0.1) is 0 Å². The number of amides is 2. The number of hydrogen-bond acceptors (Lipinski definition) is 5. The average Bonchev–Trinajstić information content (AvgIpc) is 3.58. The maximum absolute atomic E-state index is 12.7. The summed E-state index contributed by atoms with van der Waals surface area (Å²) in [5.41, 5.74) is 2.78. The van der Waals surface area contributed by atoms with E-state index in [-0.39, 0.29) is 11.9 Å². The van der Waals surface area contributed by atoms with Gasteiger partial charge in [0.1, 0.15) is 5.76 Å². The number of anilines is 1. The van der Waals surface area contributed by atoms with Crippen molar-refractivity contribution in [1.82, 2.24) is 9.88 Å². The fourth-order valence-electron chi connectivity index (χ4n) is 4.33. The first-order chi connectivity index (χ1) is 16.4. The van der Waals surface area contributed by atoms with Crippen LogP contribution in [0.2, 0.25) is 0 Å². The summed E-state index contributed by atoms with van der Waals surface area (Å²) in [4.78, 5) is 37.8. The predicted octanol–water partition coefficient (Wildman–Crippen LogP) is 4.21. The van der Waals surface area contributed by atoms with Crippen LogP contribution in [0.3, 0.4) is 0 Å². The normalized spacial score (nSPS) is 13.6. The first-order valence-electron chi connectivity index (χ1n) is 11.5. The molecule has 2 aromatic heterocycles. The molecule has 0 unspecified atom stereocenters. The van der Waals surface area contributed by atoms with Crippen molar-refractivity contribution in [3.8, 4) is 0 Å². The zero-order valence-corrected chi connectivity index (χ0v) is 19.4. The van der Waals surface area contributed by atoms with E-state index in [2.05, 4.69) is 10.6 Å². The zero-order chi connectivity index (χ0) is 24.1. The fraction of sp³-hybridized carbons (Fsp3) is 0.346. The van der Waals surface area contributed by atoms with Crippen molar-refractivity contribution in [3.05, 3.63) is 77.0 Å². The average molecular weight is 464 g/mol. The Morgan fingerprint density at radius 2 is 1.82 bits per heavy atom. The summed E-state index contributed by atoms with van der Waals surface area (Å²) in [7, 11) is 0. The van der Waals surface area contributed by atoms with Gasteiger partial charge in [-0.1, -0.05) is 25.0 Å². The highest BCUT2D eigenvalue weighted by Gasteiger charge is 2.21. The standard InChI is InChI=1S/C26H29N3O5/c1-17-14-22(18(2)29(17)15-20-10-7-13-33-20)26(32)34-16-24(30)28-23-12-6-5-11-21(23)25(31)27-19-8-3-4-9-19/h5-7,10-14,19H,3-4,8-9,15-16H2,1-2H3,(H,27,31)(H,28,30). The lowest BCUT2D eigenvalue weighted by atomic mass is 10.1. The molecule has 1 fully saturated rings. The summed E-state index contributed by atoms with van der Waals surface area (Å²) in [6.45, 7) is 3.76. The van der Waals surface area contributed by atoms with Crippen LogP contribution in [0.15, 0.2) is 53.1 Å². The Balaban J connectivity index is 1.36. The lowest BCUT2D eigenvalue weighted by molar-refractivity contribution is -0.119. The van der Waals surface area contributed by atoms with Gasteiger partial charge in [-0.05, 0) is 57.0 Å². The molecule has 8 heteroatoms. The van der Waals surface area contributed by atoms with Gasteiger partial charge >= 0.3 is 5.97 Å². The SMILES string of the molecule is Cc1cc(C(=O)OCC(=O)Nc2ccccc2C(=O)NC2CCCC2)c(C)n1Cc1ccco1. The van der Waals surface area contributed by atoms with Crippen LogP contribution in [0.1, 0.15) is 63.5 Å². The number of carbonyl (C=O) groups is 3. The number of ether oxygens (including phenoxy) is 1. The Kier molecular flexibility index (Phi) is 7.15. The minimum Gasteiger partial charge on any atom is -0.467 e. The Labute approximate surface area is 198 Å². The van der Waals surface area contributed by atoms with Crippen LogP contribution < -0.4 is 10.6 Å². The summed E-state index contributed by atoms with van der Waals surface area (Å²) >= 11 is 0. The smallest absolute Gasteiger partial charge is 0.340 e. The Bertz CT molecular complexity index is 1170. The maximum atomic E-state index is 12.7. The molecule has 0 bridgehead atoms. The van der Waals surface area contributed by atoms with E-state index >= 15 is 0 Å². The number of nitrogens with zero attached hydrogens (tertiary/aromatic N) is 1. The molecule has 34 heavy (non-hydrogen) atoms. The van der Waals surface area contributed by atoms with Crippen LogP contribution in [0.25, 0.3) is 0 Å². The quantitative estimate of drug-likeness (QED) is 0.487. The number of aryl methyl sites for hydroxylation is 1. The van der Waals surface area contributed by atoms with E-state index in [9.17, 15) is 14.4 Å². The molecule has 0 atom stereocenters. The van der Waals surface area contributed by atoms with Gasteiger partial charge in [-0.3, -0.25) is 9.59 Å². The third-order valence-electron chi connectivity index (χ3n) is 6.16. The second-order valence-corrected chi connectivity index (χ2v) is 8.58. The molecule has 2 amide bonds. The zero-order valence-electron chi connectivity index (χ0n) is 19.4. The highest BCUT2D eigenvalue weighted by atomic mass is 16.5. The predicted molar refractivity (Wildman–Crippen MR) is 127 cm³/mol. The lowest BCUT2D eigenvalue weighted by Crippen LogP contribution is -2.33. The highest BCUT2D eigenvalue weighted by Crippen LogP contribution is 2.21. The van der Waals surface area contributed by atoms with Crippen molar-refractivity contribution in [3.63, 3.8) is 0 Å². The largest absolute Gasteiger partial charge is 0.467 e. The minimum atomic E-state index is -0.582. The molecule has 4 rings (SSSR count). The second-order valence-electron chi connectivity index (χ2n) is 8.58. The molecule has 1 saturated carbocycles. The van der Waals surface area contributed by atoms with Gasteiger partial charge in [0.05, 0.1) is 29.6 Å². The number of para-hydroxylation sites is 1. The van der Waals surface area contributed by atoms with Gasteiger partial charge in [-0.2, -0.15) is 0 Å². The third-order valence-corrected chi connectivity index (χ3v) is 6.16. The molecule has 8 nitrogen and oxygen atoms in total. The molecule has 0 radical (unpaired) electrons. The van der Waals surface area contributed by atoms with Crippen molar-refractivity contribution in [2.75, 3.05) is 11.9 Å². The number of carbonyl (C=O) groups excluding carboxylic acids is 3. The van der Waals surface area contributed by atoms with Gasteiger partial charge in [0.15, 0.2) is 6.61 Å². The third kappa shape index (κ3) is 5.39. The molecule has 2 N–H and O–H groups in total. The molecular formula is C26H29N3O5. The second kappa shape index (κ2) is 10.4. The van der Waals surface area contributed by atoms with Crippen LogP contribution >= 0.6 is 0 Å². The van der Waals surface area contributed by atoms with E-state index < -0.39 is 18.5 Å². The summed E-state index contributed by atoms with van der Waals surface area (Å²) in [6.07, 6.45) is 5.77. The lowest BCUT2D eigenvalue weighted by Gasteiger charge is -2.15.